The van der Waals surface area contributed by atoms with Crippen LogP contribution in [-0.2, 0) is 4.79 Å². The van der Waals surface area contributed by atoms with Gasteiger partial charge in [-0.05, 0) is 42.8 Å². The Labute approximate surface area is 169 Å². The van der Waals surface area contributed by atoms with Crippen LogP contribution in [0.2, 0.25) is 0 Å². The predicted octanol–water partition coefficient (Wildman–Crippen LogP) is 4.87. The molecule has 5 nitrogen and oxygen atoms in total. The Morgan fingerprint density at radius 3 is 2.64 bits per heavy atom. The Kier molecular flexibility index (Phi) is 6.58. The first-order chi connectivity index (χ1) is 13.4. The lowest BCUT2D eigenvalue weighted by atomic mass is 10.1. The van der Waals surface area contributed by atoms with Gasteiger partial charge in [0.15, 0.2) is 4.34 Å². The summed E-state index contributed by atoms with van der Waals surface area (Å²) in [6.45, 7) is 1.89. The Bertz CT molecular complexity index is 949. The van der Waals surface area contributed by atoms with Crippen LogP contribution in [0, 0.1) is 11.6 Å². The van der Waals surface area contributed by atoms with Gasteiger partial charge in [0.05, 0.1) is 11.8 Å². The highest BCUT2D eigenvalue weighted by molar-refractivity contribution is 8.01. The second kappa shape index (κ2) is 9.11. The van der Waals surface area contributed by atoms with E-state index in [4.69, 9.17) is 0 Å². The van der Waals surface area contributed by atoms with E-state index >= 15 is 0 Å². The number of anilines is 2. The molecule has 0 aliphatic heterocycles. The molecule has 1 atom stereocenters. The van der Waals surface area contributed by atoms with Gasteiger partial charge in [0.25, 0.3) is 0 Å². The van der Waals surface area contributed by atoms with Crippen LogP contribution in [0.25, 0.3) is 0 Å². The van der Waals surface area contributed by atoms with Gasteiger partial charge in [-0.15, -0.1) is 10.2 Å². The summed E-state index contributed by atoms with van der Waals surface area (Å²) in [5.74, 6) is -0.513. The van der Waals surface area contributed by atoms with E-state index in [0.717, 1.165) is 5.56 Å². The summed E-state index contributed by atoms with van der Waals surface area (Å²) in [4.78, 5) is 14.1. The molecule has 2 aromatic carbocycles. The number of benzene rings is 2. The Hall–Kier alpha value is -2.52. The van der Waals surface area contributed by atoms with E-state index < -0.39 is 0 Å². The minimum atomic E-state index is -0.340. The number of amides is 1. The molecule has 0 saturated carbocycles. The molecule has 0 saturated heterocycles. The number of rotatable bonds is 7. The molecule has 1 heterocycles. The van der Waals surface area contributed by atoms with Crippen LogP contribution in [0.5, 0.6) is 0 Å². The second-order valence-electron chi connectivity index (χ2n) is 6.03. The maximum absolute atomic E-state index is 13.2. The van der Waals surface area contributed by atoms with E-state index in [1.54, 1.807) is 36.2 Å². The highest BCUT2D eigenvalue weighted by Gasteiger charge is 2.18. The molecule has 9 heteroatoms. The lowest BCUT2D eigenvalue weighted by molar-refractivity contribution is -0.128. The molecule has 3 aromatic rings. The largest absolute Gasteiger partial charge is 0.338 e. The quantitative estimate of drug-likeness (QED) is 0.553. The van der Waals surface area contributed by atoms with Gasteiger partial charge in [-0.1, -0.05) is 41.3 Å². The van der Waals surface area contributed by atoms with Crippen molar-refractivity contribution in [3.63, 3.8) is 0 Å². The molecule has 0 bridgehead atoms. The number of halogens is 2. The fourth-order valence-electron chi connectivity index (χ4n) is 2.41. The molecule has 1 aromatic heterocycles. The van der Waals surface area contributed by atoms with E-state index in [1.807, 2.05) is 6.92 Å². The number of hydrogen-bond acceptors (Lipinski definition) is 6. The van der Waals surface area contributed by atoms with Crippen LogP contribution < -0.4 is 5.32 Å². The van der Waals surface area contributed by atoms with Crippen molar-refractivity contribution < 1.29 is 13.6 Å². The zero-order chi connectivity index (χ0) is 20.1. The Morgan fingerprint density at radius 1 is 1.18 bits per heavy atom. The lowest BCUT2D eigenvalue weighted by Gasteiger charge is -2.25. The third-order valence-electron chi connectivity index (χ3n) is 4.13. The molecule has 0 radical (unpaired) electrons. The summed E-state index contributed by atoms with van der Waals surface area (Å²) < 4.78 is 26.9. The SMILES string of the molecule is CC(c1ccc(F)cc1)N(C)C(=O)CSc1nnc(Nc2cccc(F)c2)s1. The summed E-state index contributed by atoms with van der Waals surface area (Å²) in [7, 11) is 1.72. The van der Waals surface area contributed by atoms with E-state index in [0.29, 0.717) is 15.2 Å². The molecule has 146 valence electrons. The molecular formula is C19H18F2N4OS2. The number of carbonyl (C=O) groups is 1. The molecule has 0 fully saturated rings. The number of thioether (sulfide) groups is 1. The summed E-state index contributed by atoms with van der Waals surface area (Å²) in [5, 5.41) is 11.6. The maximum Gasteiger partial charge on any atom is 0.233 e. The molecule has 3 rings (SSSR count). The van der Waals surface area contributed by atoms with Gasteiger partial charge in [0, 0.05) is 12.7 Å². The fourth-order valence-corrected chi connectivity index (χ4v) is 4.11. The number of aromatic nitrogens is 2. The highest BCUT2D eigenvalue weighted by atomic mass is 32.2. The summed E-state index contributed by atoms with van der Waals surface area (Å²) in [5.41, 5.74) is 1.44. The van der Waals surface area contributed by atoms with Crippen molar-refractivity contribution in [1.29, 1.82) is 0 Å². The third kappa shape index (κ3) is 5.26. The monoisotopic (exact) mass is 420 g/mol. The van der Waals surface area contributed by atoms with Crippen LogP contribution in [0.15, 0.2) is 52.9 Å². The van der Waals surface area contributed by atoms with Crippen molar-refractivity contribution in [3.05, 3.63) is 65.7 Å². The van der Waals surface area contributed by atoms with Gasteiger partial charge in [0.2, 0.25) is 11.0 Å². The smallest absolute Gasteiger partial charge is 0.233 e. The average molecular weight is 421 g/mol. The molecule has 1 N–H and O–H groups in total. The van der Waals surface area contributed by atoms with Crippen LogP contribution in [0.4, 0.5) is 19.6 Å². The van der Waals surface area contributed by atoms with Crippen molar-refractivity contribution in [3.8, 4) is 0 Å². The van der Waals surface area contributed by atoms with E-state index in [-0.39, 0.29) is 29.3 Å². The minimum Gasteiger partial charge on any atom is -0.338 e. The highest BCUT2D eigenvalue weighted by Crippen LogP contribution is 2.28. The van der Waals surface area contributed by atoms with Gasteiger partial charge in [-0.2, -0.15) is 0 Å². The minimum absolute atomic E-state index is 0.0725. The summed E-state index contributed by atoms with van der Waals surface area (Å²) >= 11 is 2.57. The maximum atomic E-state index is 13.2. The van der Waals surface area contributed by atoms with Gasteiger partial charge >= 0.3 is 0 Å². The standard InChI is InChI=1S/C19H18F2N4OS2/c1-12(13-6-8-14(20)9-7-13)25(2)17(26)11-27-19-24-23-18(28-19)22-16-5-3-4-15(21)10-16/h3-10,12H,11H2,1-2H3,(H,22,23). The zero-order valence-corrected chi connectivity index (χ0v) is 16.9. The fraction of sp³-hybridized carbons (Fsp3) is 0.211. The first-order valence-electron chi connectivity index (χ1n) is 8.42. The first-order valence-corrected chi connectivity index (χ1v) is 10.2. The number of carbonyl (C=O) groups excluding carboxylic acids is 1. The topological polar surface area (TPSA) is 58.1 Å². The van der Waals surface area contributed by atoms with E-state index in [1.165, 1.54) is 47.4 Å². The Morgan fingerprint density at radius 2 is 1.93 bits per heavy atom. The molecule has 0 aliphatic carbocycles. The summed E-state index contributed by atoms with van der Waals surface area (Å²) in [6.07, 6.45) is 0. The van der Waals surface area contributed by atoms with Crippen LogP contribution in [-0.4, -0.2) is 33.8 Å². The number of nitrogens with zero attached hydrogens (tertiary/aromatic N) is 3. The van der Waals surface area contributed by atoms with Crippen LogP contribution >= 0.6 is 23.1 Å². The van der Waals surface area contributed by atoms with Gasteiger partial charge in [-0.3, -0.25) is 4.79 Å². The first kappa shape index (κ1) is 20.2. The molecule has 0 aliphatic rings. The van der Waals surface area contributed by atoms with Crippen molar-refractivity contribution in [2.24, 2.45) is 0 Å². The molecular weight excluding hydrogens is 402 g/mol. The van der Waals surface area contributed by atoms with Crippen molar-refractivity contribution in [2.45, 2.75) is 17.3 Å². The number of nitrogens with one attached hydrogen (secondary N) is 1. The molecule has 1 amide bonds. The van der Waals surface area contributed by atoms with Crippen molar-refractivity contribution in [2.75, 3.05) is 18.1 Å². The lowest BCUT2D eigenvalue weighted by Crippen LogP contribution is -2.31. The third-order valence-corrected chi connectivity index (χ3v) is 6.08. The van der Waals surface area contributed by atoms with Crippen LogP contribution in [0.3, 0.4) is 0 Å². The van der Waals surface area contributed by atoms with Crippen molar-refractivity contribution in [1.82, 2.24) is 15.1 Å². The molecule has 1 unspecified atom stereocenters. The normalized spacial score (nSPS) is 11.9. The molecule has 0 spiro atoms. The average Bonchev–Trinajstić information content (AvgIpc) is 3.13. The predicted molar refractivity (Wildman–Crippen MR) is 108 cm³/mol. The number of hydrogen-bond donors (Lipinski definition) is 1. The zero-order valence-electron chi connectivity index (χ0n) is 15.2. The van der Waals surface area contributed by atoms with Gasteiger partial charge in [0.1, 0.15) is 11.6 Å². The van der Waals surface area contributed by atoms with E-state index in [2.05, 4.69) is 15.5 Å². The van der Waals surface area contributed by atoms with E-state index in [9.17, 15) is 13.6 Å². The van der Waals surface area contributed by atoms with Crippen LogP contribution in [0.1, 0.15) is 18.5 Å². The Balaban J connectivity index is 1.54. The van der Waals surface area contributed by atoms with Crippen molar-refractivity contribution >= 4 is 39.8 Å². The second-order valence-corrected chi connectivity index (χ2v) is 8.23. The van der Waals surface area contributed by atoms with Gasteiger partial charge in [-0.25, -0.2) is 8.78 Å². The summed E-state index contributed by atoms with van der Waals surface area (Å²) in [6, 6.07) is 12.0. The molecule has 28 heavy (non-hydrogen) atoms. The van der Waals surface area contributed by atoms with Gasteiger partial charge < -0.3 is 10.2 Å².